The van der Waals surface area contributed by atoms with E-state index in [2.05, 4.69) is 20.5 Å². The molecule has 0 radical (unpaired) electrons. The van der Waals surface area contributed by atoms with Crippen molar-refractivity contribution < 1.29 is 4.79 Å². The molecule has 2 rings (SSSR count). The quantitative estimate of drug-likeness (QED) is 0.812. The fraction of sp³-hybridized carbons (Fsp3) is 0.182. The Hall–Kier alpha value is -2.17. The normalized spacial score (nSPS) is 12.1. The van der Waals surface area contributed by atoms with Crippen LogP contribution in [0.3, 0.4) is 0 Å². The third kappa shape index (κ3) is 2.25. The van der Waals surface area contributed by atoms with Crippen molar-refractivity contribution in [3.05, 3.63) is 48.0 Å². The van der Waals surface area contributed by atoms with Gasteiger partial charge in [-0.05, 0) is 25.1 Å². The molecular formula is C11H12N4O. The third-order valence-electron chi connectivity index (χ3n) is 2.22. The van der Waals surface area contributed by atoms with Crippen LogP contribution in [0.2, 0.25) is 0 Å². The summed E-state index contributed by atoms with van der Waals surface area (Å²) in [5.41, 5.74) is 1.28. The van der Waals surface area contributed by atoms with Crippen LogP contribution in [-0.2, 0) is 0 Å². The molecule has 0 aliphatic carbocycles. The van der Waals surface area contributed by atoms with E-state index in [1.807, 2.05) is 25.1 Å². The van der Waals surface area contributed by atoms with E-state index in [4.69, 9.17) is 0 Å². The lowest BCUT2D eigenvalue weighted by Crippen LogP contribution is -2.27. The Bertz CT molecular complexity index is 452. The van der Waals surface area contributed by atoms with Gasteiger partial charge in [0.1, 0.15) is 5.69 Å². The van der Waals surface area contributed by atoms with Gasteiger partial charge in [0.05, 0.1) is 11.7 Å². The second kappa shape index (κ2) is 4.57. The predicted octanol–water partition coefficient (Wildman–Crippen LogP) is 1.30. The summed E-state index contributed by atoms with van der Waals surface area (Å²) in [4.78, 5) is 15.9. The van der Waals surface area contributed by atoms with Crippen LogP contribution in [0.25, 0.3) is 0 Å². The molecule has 5 heteroatoms. The number of hydrogen-bond acceptors (Lipinski definition) is 3. The van der Waals surface area contributed by atoms with Crippen LogP contribution in [0.15, 0.2) is 36.7 Å². The first-order valence-electron chi connectivity index (χ1n) is 4.98. The van der Waals surface area contributed by atoms with Crippen LogP contribution in [0, 0.1) is 0 Å². The molecule has 0 aliphatic rings. The molecule has 0 spiro atoms. The van der Waals surface area contributed by atoms with E-state index in [1.165, 1.54) is 0 Å². The molecule has 1 amide bonds. The second-order valence-corrected chi connectivity index (χ2v) is 3.42. The average Bonchev–Trinajstić information content (AvgIpc) is 2.83. The molecule has 0 aromatic carbocycles. The predicted molar refractivity (Wildman–Crippen MR) is 58.7 cm³/mol. The van der Waals surface area contributed by atoms with Gasteiger partial charge in [0.25, 0.3) is 5.91 Å². The van der Waals surface area contributed by atoms with Gasteiger partial charge in [0, 0.05) is 12.4 Å². The first-order valence-corrected chi connectivity index (χ1v) is 4.98. The molecule has 0 saturated carbocycles. The van der Waals surface area contributed by atoms with Crippen LogP contribution in [0.4, 0.5) is 0 Å². The number of H-pyrrole nitrogens is 1. The molecule has 2 aromatic heterocycles. The van der Waals surface area contributed by atoms with Crippen molar-refractivity contribution in [2.45, 2.75) is 13.0 Å². The van der Waals surface area contributed by atoms with E-state index in [-0.39, 0.29) is 11.9 Å². The number of aromatic nitrogens is 3. The zero-order valence-corrected chi connectivity index (χ0v) is 8.84. The minimum atomic E-state index is -0.185. The van der Waals surface area contributed by atoms with E-state index in [1.54, 1.807) is 18.5 Å². The van der Waals surface area contributed by atoms with Gasteiger partial charge in [-0.15, -0.1) is 0 Å². The molecular weight excluding hydrogens is 204 g/mol. The van der Waals surface area contributed by atoms with Crippen molar-refractivity contribution >= 4 is 5.91 Å². The lowest BCUT2D eigenvalue weighted by Gasteiger charge is -2.12. The third-order valence-corrected chi connectivity index (χ3v) is 2.22. The Kier molecular flexibility index (Phi) is 2.95. The molecule has 2 N–H and O–H groups in total. The highest BCUT2D eigenvalue weighted by atomic mass is 16.2. The topological polar surface area (TPSA) is 70.7 Å². The van der Waals surface area contributed by atoms with E-state index in [0.29, 0.717) is 5.69 Å². The number of carbonyl (C=O) groups is 1. The highest BCUT2D eigenvalue weighted by Gasteiger charge is 2.12. The van der Waals surface area contributed by atoms with Gasteiger partial charge < -0.3 is 5.32 Å². The van der Waals surface area contributed by atoms with Crippen molar-refractivity contribution in [2.75, 3.05) is 0 Å². The maximum Gasteiger partial charge on any atom is 0.269 e. The molecule has 1 atom stereocenters. The Morgan fingerprint density at radius 2 is 2.25 bits per heavy atom. The van der Waals surface area contributed by atoms with Crippen molar-refractivity contribution in [1.82, 2.24) is 20.5 Å². The number of carbonyl (C=O) groups excluding carboxylic acids is 1. The minimum Gasteiger partial charge on any atom is -0.343 e. The summed E-state index contributed by atoms with van der Waals surface area (Å²) >= 11 is 0. The lowest BCUT2D eigenvalue weighted by atomic mass is 10.2. The number of hydrogen-bond donors (Lipinski definition) is 2. The van der Waals surface area contributed by atoms with Gasteiger partial charge in [0.15, 0.2) is 0 Å². The summed E-state index contributed by atoms with van der Waals surface area (Å²) < 4.78 is 0. The molecule has 0 saturated heterocycles. The van der Waals surface area contributed by atoms with Gasteiger partial charge in [0.2, 0.25) is 0 Å². The average molecular weight is 216 g/mol. The summed E-state index contributed by atoms with van der Waals surface area (Å²) in [5.74, 6) is -0.185. The number of pyridine rings is 1. The Morgan fingerprint density at radius 3 is 2.88 bits per heavy atom. The first kappa shape index (κ1) is 10.4. The lowest BCUT2D eigenvalue weighted by molar-refractivity contribution is 0.0934. The molecule has 0 fully saturated rings. The number of amides is 1. The second-order valence-electron chi connectivity index (χ2n) is 3.42. The molecule has 0 unspecified atom stereocenters. The standard InChI is InChI=1S/C11H12N4O/c1-8(9-4-2-3-6-12-9)14-11(16)10-5-7-13-15-10/h2-8H,1H3,(H,13,15)(H,14,16)/t8-/m0/s1. The molecule has 2 aromatic rings. The maximum atomic E-state index is 11.7. The van der Waals surface area contributed by atoms with Gasteiger partial charge in [-0.2, -0.15) is 5.10 Å². The monoisotopic (exact) mass is 216 g/mol. The fourth-order valence-corrected chi connectivity index (χ4v) is 1.36. The maximum absolute atomic E-state index is 11.7. The number of nitrogens with one attached hydrogen (secondary N) is 2. The molecule has 82 valence electrons. The van der Waals surface area contributed by atoms with Crippen LogP contribution in [-0.4, -0.2) is 21.1 Å². The molecule has 16 heavy (non-hydrogen) atoms. The van der Waals surface area contributed by atoms with Gasteiger partial charge in [-0.1, -0.05) is 6.07 Å². The van der Waals surface area contributed by atoms with Crippen molar-refractivity contribution in [3.8, 4) is 0 Å². The van der Waals surface area contributed by atoms with Crippen molar-refractivity contribution in [1.29, 1.82) is 0 Å². The van der Waals surface area contributed by atoms with Crippen LogP contribution in [0.5, 0.6) is 0 Å². The summed E-state index contributed by atoms with van der Waals surface area (Å²) in [6.07, 6.45) is 3.24. The SMILES string of the molecule is C[C@H](NC(=O)c1ccn[nH]1)c1ccccn1. The molecule has 0 aliphatic heterocycles. The highest BCUT2D eigenvalue weighted by Crippen LogP contribution is 2.08. The van der Waals surface area contributed by atoms with Gasteiger partial charge in [-0.25, -0.2) is 0 Å². The minimum absolute atomic E-state index is 0.128. The molecule has 0 bridgehead atoms. The Morgan fingerprint density at radius 1 is 1.38 bits per heavy atom. The summed E-state index contributed by atoms with van der Waals surface area (Å²) in [5, 5.41) is 9.16. The van der Waals surface area contributed by atoms with Crippen LogP contribution < -0.4 is 5.32 Å². The fourth-order valence-electron chi connectivity index (χ4n) is 1.36. The van der Waals surface area contributed by atoms with Gasteiger partial charge >= 0.3 is 0 Å². The highest BCUT2D eigenvalue weighted by molar-refractivity contribution is 5.92. The summed E-state index contributed by atoms with van der Waals surface area (Å²) in [6.45, 7) is 1.89. The summed E-state index contributed by atoms with van der Waals surface area (Å²) in [7, 11) is 0. The van der Waals surface area contributed by atoms with E-state index < -0.39 is 0 Å². The Labute approximate surface area is 92.9 Å². The van der Waals surface area contributed by atoms with E-state index in [0.717, 1.165) is 5.69 Å². The van der Waals surface area contributed by atoms with Crippen molar-refractivity contribution in [2.24, 2.45) is 0 Å². The zero-order valence-electron chi connectivity index (χ0n) is 8.84. The molecule has 2 heterocycles. The van der Waals surface area contributed by atoms with Gasteiger partial charge in [-0.3, -0.25) is 14.9 Å². The first-order chi connectivity index (χ1) is 7.77. The molecule has 5 nitrogen and oxygen atoms in total. The summed E-state index contributed by atoms with van der Waals surface area (Å²) in [6, 6.07) is 7.10. The Balaban J connectivity index is 2.03. The van der Waals surface area contributed by atoms with Crippen LogP contribution >= 0.6 is 0 Å². The van der Waals surface area contributed by atoms with Crippen LogP contribution in [0.1, 0.15) is 29.1 Å². The number of aromatic amines is 1. The largest absolute Gasteiger partial charge is 0.343 e. The number of rotatable bonds is 3. The van der Waals surface area contributed by atoms with E-state index >= 15 is 0 Å². The van der Waals surface area contributed by atoms with Crippen molar-refractivity contribution in [3.63, 3.8) is 0 Å². The van der Waals surface area contributed by atoms with E-state index in [9.17, 15) is 4.79 Å². The number of nitrogens with zero attached hydrogens (tertiary/aromatic N) is 2. The smallest absolute Gasteiger partial charge is 0.269 e. The zero-order chi connectivity index (χ0) is 11.4.